The lowest BCUT2D eigenvalue weighted by Crippen LogP contribution is -2.41. The monoisotopic (exact) mass is 306 g/mol. The number of hydrogen-bond acceptors (Lipinski definition) is 3. The first kappa shape index (κ1) is 14.7. The summed E-state index contributed by atoms with van der Waals surface area (Å²) < 4.78 is 12.2. The van der Waals surface area contributed by atoms with Crippen molar-refractivity contribution in [3.8, 4) is 11.1 Å². The predicted molar refractivity (Wildman–Crippen MR) is 91.0 cm³/mol. The van der Waals surface area contributed by atoms with E-state index in [1.807, 2.05) is 70.2 Å². The Morgan fingerprint density at radius 2 is 1.35 bits per heavy atom. The molecule has 2 aromatic rings. The Labute approximate surface area is 136 Å². The van der Waals surface area contributed by atoms with E-state index < -0.39 is 7.12 Å². The van der Waals surface area contributed by atoms with Gasteiger partial charge in [0, 0.05) is 11.1 Å². The third-order valence-electron chi connectivity index (χ3n) is 5.28. The number of rotatable bonds is 1. The van der Waals surface area contributed by atoms with E-state index in [4.69, 9.17) is 9.31 Å². The first-order chi connectivity index (χ1) is 10.8. The van der Waals surface area contributed by atoms with E-state index >= 15 is 0 Å². The molecule has 0 N–H and O–H groups in total. The molecule has 0 amide bonds. The molecule has 0 spiro atoms. The van der Waals surface area contributed by atoms with E-state index in [9.17, 15) is 4.79 Å². The van der Waals surface area contributed by atoms with Crippen LogP contribution in [-0.4, -0.2) is 24.1 Å². The van der Waals surface area contributed by atoms with Gasteiger partial charge in [-0.3, -0.25) is 4.79 Å². The molecule has 1 aliphatic heterocycles. The lowest BCUT2D eigenvalue weighted by atomic mass is 9.77. The normalized spacial score (nSPS) is 20.5. The van der Waals surface area contributed by atoms with Crippen LogP contribution in [0.4, 0.5) is 0 Å². The van der Waals surface area contributed by atoms with Crippen LogP contribution in [0.5, 0.6) is 0 Å². The van der Waals surface area contributed by atoms with Crippen molar-refractivity contribution in [3.05, 3.63) is 53.6 Å². The van der Waals surface area contributed by atoms with Gasteiger partial charge in [0.2, 0.25) is 0 Å². The van der Waals surface area contributed by atoms with Gasteiger partial charge in [-0.2, -0.15) is 0 Å². The average Bonchev–Trinajstić information content (AvgIpc) is 2.91. The summed E-state index contributed by atoms with van der Waals surface area (Å²) >= 11 is 0. The summed E-state index contributed by atoms with van der Waals surface area (Å²) in [5.74, 6) is 0.0777. The van der Waals surface area contributed by atoms with Gasteiger partial charge in [0.05, 0.1) is 11.2 Å². The van der Waals surface area contributed by atoms with E-state index in [0.29, 0.717) is 0 Å². The zero-order valence-electron chi connectivity index (χ0n) is 13.8. The fourth-order valence-electron chi connectivity index (χ4n) is 3.17. The van der Waals surface area contributed by atoms with Gasteiger partial charge in [-0.1, -0.05) is 42.5 Å². The second-order valence-corrected chi connectivity index (χ2v) is 7.27. The highest BCUT2D eigenvalue weighted by atomic mass is 16.7. The standard InChI is InChI=1S/C19H19BO3/c1-18(2)19(3,4)23-20(22-18)12-9-10-14-13-7-5-6-8-15(13)17(21)16(14)11-12/h5-11H,1-4H3. The largest absolute Gasteiger partial charge is 0.494 e. The molecule has 2 aliphatic rings. The Kier molecular flexibility index (Phi) is 2.91. The molecule has 0 atom stereocenters. The molecule has 1 heterocycles. The van der Waals surface area contributed by atoms with Crippen LogP contribution in [0.15, 0.2) is 42.5 Å². The molecule has 3 nitrogen and oxygen atoms in total. The van der Waals surface area contributed by atoms with Gasteiger partial charge < -0.3 is 9.31 Å². The molecular weight excluding hydrogens is 287 g/mol. The minimum atomic E-state index is -0.443. The maximum atomic E-state index is 12.6. The summed E-state index contributed by atoms with van der Waals surface area (Å²) in [6.45, 7) is 8.12. The van der Waals surface area contributed by atoms with Crippen molar-refractivity contribution in [3.63, 3.8) is 0 Å². The summed E-state index contributed by atoms with van der Waals surface area (Å²) in [5.41, 5.74) is 3.63. The first-order valence-corrected chi connectivity index (χ1v) is 7.94. The average molecular weight is 306 g/mol. The highest BCUT2D eigenvalue weighted by molar-refractivity contribution is 6.62. The van der Waals surface area contributed by atoms with Crippen molar-refractivity contribution >= 4 is 18.4 Å². The molecule has 1 fully saturated rings. The predicted octanol–water partition coefficient (Wildman–Crippen LogP) is 3.20. The molecule has 116 valence electrons. The van der Waals surface area contributed by atoms with Gasteiger partial charge in [-0.05, 0) is 44.3 Å². The van der Waals surface area contributed by atoms with Crippen molar-refractivity contribution in [2.45, 2.75) is 38.9 Å². The Morgan fingerprint density at radius 3 is 2.00 bits per heavy atom. The number of benzene rings is 2. The Morgan fingerprint density at radius 1 is 0.783 bits per heavy atom. The minimum absolute atomic E-state index is 0.0777. The molecule has 4 rings (SSSR count). The van der Waals surface area contributed by atoms with Crippen LogP contribution in [0, 0.1) is 0 Å². The minimum Gasteiger partial charge on any atom is -0.399 e. The Balaban J connectivity index is 1.75. The third-order valence-corrected chi connectivity index (χ3v) is 5.28. The van der Waals surface area contributed by atoms with Crippen LogP contribution in [0.1, 0.15) is 43.6 Å². The zero-order valence-corrected chi connectivity index (χ0v) is 13.8. The smallest absolute Gasteiger partial charge is 0.399 e. The molecule has 0 radical (unpaired) electrons. The van der Waals surface area contributed by atoms with E-state index in [1.54, 1.807) is 0 Å². The topological polar surface area (TPSA) is 35.5 Å². The number of fused-ring (bicyclic) bond motifs is 3. The van der Waals surface area contributed by atoms with Gasteiger partial charge in [0.15, 0.2) is 5.78 Å². The van der Waals surface area contributed by atoms with Crippen LogP contribution in [0.3, 0.4) is 0 Å². The fraction of sp³-hybridized carbons (Fsp3) is 0.316. The zero-order chi connectivity index (χ0) is 16.4. The van der Waals surface area contributed by atoms with Gasteiger partial charge in [0.1, 0.15) is 0 Å². The van der Waals surface area contributed by atoms with Gasteiger partial charge in [-0.15, -0.1) is 0 Å². The maximum absolute atomic E-state index is 12.6. The van der Waals surface area contributed by atoms with Crippen LogP contribution >= 0.6 is 0 Å². The Hall–Kier alpha value is -1.91. The Bertz CT molecular complexity index is 807. The summed E-state index contributed by atoms with van der Waals surface area (Å²) in [4.78, 5) is 12.6. The van der Waals surface area contributed by atoms with Crippen LogP contribution in [0.25, 0.3) is 11.1 Å². The van der Waals surface area contributed by atoms with Crippen LogP contribution in [0.2, 0.25) is 0 Å². The van der Waals surface area contributed by atoms with E-state index in [0.717, 1.165) is 27.7 Å². The van der Waals surface area contributed by atoms with Crippen molar-refractivity contribution in [2.75, 3.05) is 0 Å². The van der Waals surface area contributed by atoms with Crippen LogP contribution < -0.4 is 5.46 Å². The number of hydrogen-bond donors (Lipinski definition) is 0. The van der Waals surface area contributed by atoms with Crippen molar-refractivity contribution in [1.29, 1.82) is 0 Å². The van der Waals surface area contributed by atoms with E-state index in [-0.39, 0.29) is 17.0 Å². The molecule has 0 aromatic heterocycles. The number of carbonyl (C=O) groups excluding carboxylic acids is 1. The molecule has 0 bridgehead atoms. The molecule has 1 aliphatic carbocycles. The van der Waals surface area contributed by atoms with Crippen molar-refractivity contribution in [1.82, 2.24) is 0 Å². The number of ketones is 1. The molecule has 23 heavy (non-hydrogen) atoms. The SMILES string of the molecule is CC1(C)OB(c2ccc3c(c2)C(=O)c2ccccc2-3)OC1(C)C. The second-order valence-electron chi connectivity index (χ2n) is 7.27. The van der Waals surface area contributed by atoms with Gasteiger partial charge in [-0.25, -0.2) is 0 Å². The second kappa shape index (κ2) is 4.56. The van der Waals surface area contributed by atoms with E-state index in [2.05, 4.69) is 0 Å². The van der Waals surface area contributed by atoms with Crippen molar-refractivity contribution < 1.29 is 14.1 Å². The summed E-state index contributed by atoms with van der Waals surface area (Å²) in [5, 5.41) is 0. The first-order valence-electron chi connectivity index (χ1n) is 7.94. The maximum Gasteiger partial charge on any atom is 0.494 e. The van der Waals surface area contributed by atoms with Gasteiger partial charge >= 0.3 is 7.12 Å². The summed E-state index contributed by atoms with van der Waals surface area (Å²) in [6, 6.07) is 13.6. The summed E-state index contributed by atoms with van der Waals surface area (Å²) in [7, 11) is -0.443. The quantitative estimate of drug-likeness (QED) is 0.648. The molecule has 4 heteroatoms. The van der Waals surface area contributed by atoms with Gasteiger partial charge in [0.25, 0.3) is 0 Å². The molecular formula is C19H19BO3. The lowest BCUT2D eigenvalue weighted by Gasteiger charge is -2.32. The molecule has 2 aromatic carbocycles. The lowest BCUT2D eigenvalue weighted by molar-refractivity contribution is 0.00578. The van der Waals surface area contributed by atoms with E-state index in [1.165, 1.54) is 0 Å². The third kappa shape index (κ3) is 2.02. The fourth-order valence-corrected chi connectivity index (χ4v) is 3.17. The van der Waals surface area contributed by atoms with Crippen molar-refractivity contribution in [2.24, 2.45) is 0 Å². The highest BCUT2D eigenvalue weighted by Gasteiger charge is 2.51. The number of carbonyl (C=O) groups is 1. The molecule has 0 saturated carbocycles. The van der Waals surface area contributed by atoms with Crippen LogP contribution in [-0.2, 0) is 9.31 Å². The molecule has 0 unspecified atom stereocenters. The summed E-state index contributed by atoms with van der Waals surface area (Å²) in [6.07, 6.45) is 0. The highest BCUT2D eigenvalue weighted by Crippen LogP contribution is 2.38. The molecule has 1 saturated heterocycles.